The second-order valence-corrected chi connectivity index (χ2v) is 6.91. The second kappa shape index (κ2) is 8.80. The predicted molar refractivity (Wildman–Crippen MR) is 109 cm³/mol. The van der Waals surface area contributed by atoms with Crippen LogP contribution in [0.4, 0.5) is 11.4 Å². The van der Waals surface area contributed by atoms with Gasteiger partial charge in [-0.2, -0.15) is 0 Å². The third kappa shape index (κ3) is 4.54. The molecule has 5 heteroatoms. The molecular weight excluding hydrogens is 340 g/mol. The molecule has 1 aliphatic rings. The minimum absolute atomic E-state index is 0.186. The van der Waals surface area contributed by atoms with Gasteiger partial charge >= 0.3 is 0 Å². The smallest absolute Gasteiger partial charge is 0.255 e. The maximum Gasteiger partial charge on any atom is 0.255 e. The zero-order chi connectivity index (χ0) is 19.2. The Morgan fingerprint density at radius 1 is 0.926 bits per heavy atom. The summed E-state index contributed by atoms with van der Waals surface area (Å²) in [6.45, 7) is 4.12. The molecule has 0 aliphatic carbocycles. The summed E-state index contributed by atoms with van der Waals surface area (Å²) in [7, 11) is 3.18. The minimum Gasteiger partial charge on any atom is -0.496 e. The van der Waals surface area contributed by atoms with E-state index in [1.807, 2.05) is 19.1 Å². The summed E-state index contributed by atoms with van der Waals surface area (Å²) < 4.78 is 10.7. The Hall–Kier alpha value is -2.69. The zero-order valence-electron chi connectivity index (χ0n) is 16.4. The van der Waals surface area contributed by atoms with Crippen molar-refractivity contribution >= 4 is 17.3 Å². The van der Waals surface area contributed by atoms with Crippen LogP contribution >= 0.6 is 0 Å². The molecule has 2 aromatic rings. The van der Waals surface area contributed by atoms with E-state index in [2.05, 4.69) is 22.3 Å². The highest BCUT2D eigenvalue weighted by atomic mass is 16.5. The molecule has 1 fully saturated rings. The highest BCUT2D eigenvalue weighted by molar-refractivity contribution is 6.05. The van der Waals surface area contributed by atoms with E-state index in [0.29, 0.717) is 17.1 Å². The standard InChI is InChI=1S/C22H28N2O3/c1-16-20(26-2)14-17(15-21(16)27-3)22(25)23-18-8-10-19(11-9-18)24-12-6-4-5-7-13-24/h8-11,14-15H,4-7,12-13H2,1-3H3,(H,23,25). The number of hydrogen-bond acceptors (Lipinski definition) is 4. The number of carbonyl (C=O) groups is 1. The zero-order valence-corrected chi connectivity index (χ0v) is 16.4. The SMILES string of the molecule is COc1cc(C(=O)Nc2ccc(N3CCCCCC3)cc2)cc(OC)c1C. The second-order valence-electron chi connectivity index (χ2n) is 6.91. The Morgan fingerprint density at radius 2 is 1.48 bits per heavy atom. The Labute approximate surface area is 161 Å². The summed E-state index contributed by atoms with van der Waals surface area (Å²) in [6, 6.07) is 11.5. The van der Waals surface area contributed by atoms with Gasteiger partial charge < -0.3 is 19.7 Å². The molecule has 1 aliphatic heterocycles. The lowest BCUT2D eigenvalue weighted by molar-refractivity contribution is 0.102. The normalized spacial score (nSPS) is 14.4. The highest BCUT2D eigenvalue weighted by Crippen LogP contribution is 2.30. The van der Waals surface area contributed by atoms with E-state index >= 15 is 0 Å². The Bertz CT molecular complexity index is 754. The molecule has 1 saturated heterocycles. The molecule has 1 amide bonds. The van der Waals surface area contributed by atoms with E-state index in [1.54, 1.807) is 26.4 Å². The number of rotatable bonds is 5. The van der Waals surface area contributed by atoms with Crippen LogP contribution in [-0.2, 0) is 0 Å². The van der Waals surface area contributed by atoms with Gasteiger partial charge in [0.2, 0.25) is 0 Å². The van der Waals surface area contributed by atoms with Crippen molar-refractivity contribution in [2.24, 2.45) is 0 Å². The van der Waals surface area contributed by atoms with Gasteiger partial charge in [-0.3, -0.25) is 4.79 Å². The number of nitrogens with zero attached hydrogens (tertiary/aromatic N) is 1. The van der Waals surface area contributed by atoms with Crippen LogP contribution in [0.1, 0.15) is 41.6 Å². The molecule has 0 unspecified atom stereocenters. The maximum atomic E-state index is 12.7. The Morgan fingerprint density at radius 3 is 2.00 bits per heavy atom. The van der Waals surface area contributed by atoms with Crippen LogP contribution in [0.5, 0.6) is 11.5 Å². The molecule has 0 spiro atoms. The molecule has 0 aromatic heterocycles. The number of amides is 1. The van der Waals surface area contributed by atoms with Crippen LogP contribution in [0.25, 0.3) is 0 Å². The van der Waals surface area contributed by atoms with Gasteiger partial charge in [0.1, 0.15) is 11.5 Å². The predicted octanol–water partition coefficient (Wildman–Crippen LogP) is 4.64. The third-order valence-corrected chi connectivity index (χ3v) is 5.11. The first-order chi connectivity index (χ1) is 13.1. The Balaban J connectivity index is 1.72. The number of benzene rings is 2. The number of nitrogens with one attached hydrogen (secondary N) is 1. The molecule has 0 atom stereocenters. The van der Waals surface area contributed by atoms with Gasteiger partial charge in [0.25, 0.3) is 5.91 Å². The molecule has 0 radical (unpaired) electrons. The lowest BCUT2D eigenvalue weighted by Gasteiger charge is -2.22. The minimum atomic E-state index is -0.186. The maximum absolute atomic E-state index is 12.7. The first kappa shape index (κ1) is 19.1. The van der Waals surface area contributed by atoms with Crippen molar-refractivity contribution in [1.82, 2.24) is 0 Å². The molecule has 27 heavy (non-hydrogen) atoms. The number of methoxy groups -OCH3 is 2. The van der Waals surface area contributed by atoms with E-state index in [0.717, 1.165) is 24.3 Å². The van der Waals surface area contributed by atoms with Gasteiger partial charge in [0.05, 0.1) is 14.2 Å². The van der Waals surface area contributed by atoms with Gasteiger partial charge in [0, 0.05) is 35.6 Å². The fourth-order valence-corrected chi connectivity index (χ4v) is 3.50. The van der Waals surface area contributed by atoms with E-state index in [-0.39, 0.29) is 5.91 Å². The molecule has 1 N–H and O–H groups in total. The molecule has 0 bridgehead atoms. The lowest BCUT2D eigenvalue weighted by Crippen LogP contribution is -2.23. The summed E-state index contributed by atoms with van der Waals surface area (Å²) in [5.74, 6) is 1.08. The molecule has 0 saturated carbocycles. The number of ether oxygens (including phenoxy) is 2. The van der Waals surface area contributed by atoms with Crippen LogP contribution in [-0.4, -0.2) is 33.2 Å². The number of carbonyl (C=O) groups excluding carboxylic acids is 1. The summed E-state index contributed by atoms with van der Waals surface area (Å²) in [5.41, 5.74) is 3.37. The summed E-state index contributed by atoms with van der Waals surface area (Å²) in [5, 5.41) is 2.95. The van der Waals surface area contributed by atoms with Crippen molar-refractivity contribution in [2.45, 2.75) is 32.6 Å². The number of anilines is 2. The van der Waals surface area contributed by atoms with Crippen molar-refractivity contribution in [3.05, 3.63) is 47.5 Å². The lowest BCUT2D eigenvalue weighted by atomic mass is 10.1. The van der Waals surface area contributed by atoms with Gasteiger partial charge in [-0.25, -0.2) is 0 Å². The third-order valence-electron chi connectivity index (χ3n) is 5.11. The fourth-order valence-electron chi connectivity index (χ4n) is 3.50. The molecule has 2 aromatic carbocycles. The van der Waals surface area contributed by atoms with Crippen molar-refractivity contribution in [3.63, 3.8) is 0 Å². The van der Waals surface area contributed by atoms with E-state index in [9.17, 15) is 4.79 Å². The first-order valence-corrected chi connectivity index (χ1v) is 9.51. The van der Waals surface area contributed by atoms with Gasteiger partial charge in [0.15, 0.2) is 0 Å². The summed E-state index contributed by atoms with van der Waals surface area (Å²) >= 11 is 0. The monoisotopic (exact) mass is 368 g/mol. The van der Waals surface area contributed by atoms with Crippen LogP contribution in [0.2, 0.25) is 0 Å². The van der Waals surface area contributed by atoms with Crippen molar-refractivity contribution < 1.29 is 14.3 Å². The topological polar surface area (TPSA) is 50.8 Å². The molecule has 5 nitrogen and oxygen atoms in total. The van der Waals surface area contributed by atoms with Crippen LogP contribution in [0.15, 0.2) is 36.4 Å². The van der Waals surface area contributed by atoms with Crippen LogP contribution in [0, 0.1) is 6.92 Å². The van der Waals surface area contributed by atoms with E-state index < -0.39 is 0 Å². The van der Waals surface area contributed by atoms with E-state index in [4.69, 9.17) is 9.47 Å². The molecule has 3 rings (SSSR count). The average Bonchev–Trinajstić information content (AvgIpc) is 2.98. The van der Waals surface area contributed by atoms with Crippen molar-refractivity contribution in [2.75, 3.05) is 37.5 Å². The summed E-state index contributed by atoms with van der Waals surface area (Å²) in [6.07, 6.45) is 5.12. The number of hydrogen-bond donors (Lipinski definition) is 1. The average molecular weight is 368 g/mol. The highest BCUT2D eigenvalue weighted by Gasteiger charge is 2.14. The van der Waals surface area contributed by atoms with Gasteiger partial charge in [-0.1, -0.05) is 12.8 Å². The first-order valence-electron chi connectivity index (χ1n) is 9.51. The van der Waals surface area contributed by atoms with Crippen LogP contribution < -0.4 is 19.7 Å². The Kier molecular flexibility index (Phi) is 6.22. The molecule has 1 heterocycles. The van der Waals surface area contributed by atoms with Crippen molar-refractivity contribution in [3.8, 4) is 11.5 Å². The van der Waals surface area contributed by atoms with Crippen molar-refractivity contribution in [1.29, 1.82) is 0 Å². The van der Waals surface area contributed by atoms with Crippen LogP contribution in [0.3, 0.4) is 0 Å². The van der Waals surface area contributed by atoms with Gasteiger partial charge in [-0.15, -0.1) is 0 Å². The quantitative estimate of drug-likeness (QED) is 0.835. The largest absolute Gasteiger partial charge is 0.496 e. The fraction of sp³-hybridized carbons (Fsp3) is 0.409. The molecular formula is C22H28N2O3. The summed E-state index contributed by atoms with van der Waals surface area (Å²) in [4.78, 5) is 15.1. The molecule has 144 valence electrons. The van der Waals surface area contributed by atoms with Gasteiger partial charge in [-0.05, 0) is 56.2 Å². The van der Waals surface area contributed by atoms with E-state index in [1.165, 1.54) is 31.4 Å².